The Labute approximate surface area is 180 Å². The van der Waals surface area contributed by atoms with E-state index in [1.807, 2.05) is 0 Å². The number of carbonyl (C=O) groups excluding carboxylic acids is 1. The predicted molar refractivity (Wildman–Crippen MR) is 114 cm³/mol. The molecule has 0 aliphatic carbocycles. The van der Waals surface area contributed by atoms with Gasteiger partial charge >= 0.3 is 0 Å². The number of azo groups is 1. The summed E-state index contributed by atoms with van der Waals surface area (Å²) in [6.07, 6.45) is -0.117. The lowest BCUT2D eigenvalue weighted by Crippen LogP contribution is -2.42. The number of rotatable bonds is 7. The first-order valence-corrected chi connectivity index (χ1v) is 10.2. The number of aromatic hydroxyl groups is 2. The number of benzene rings is 2. The van der Waals surface area contributed by atoms with E-state index in [1.54, 1.807) is 36.4 Å². The van der Waals surface area contributed by atoms with Crippen LogP contribution in [0.2, 0.25) is 0 Å². The molecule has 3 N–H and O–H groups in total. The molecule has 1 fully saturated rings. The van der Waals surface area contributed by atoms with Crippen LogP contribution in [-0.2, 0) is 15.2 Å². The van der Waals surface area contributed by atoms with Crippen molar-refractivity contribution in [3.63, 3.8) is 0 Å². The molecular weight excluding hydrogens is 398 g/mol. The third-order valence-corrected chi connectivity index (χ3v) is 5.34. The summed E-state index contributed by atoms with van der Waals surface area (Å²) in [6.45, 7) is 4.32. The zero-order valence-corrected chi connectivity index (χ0v) is 17.1. The Balaban J connectivity index is 1.53. The van der Waals surface area contributed by atoms with Gasteiger partial charge in [-0.25, -0.2) is 4.99 Å². The molecule has 31 heavy (non-hydrogen) atoms. The van der Waals surface area contributed by atoms with Crippen LogP contribution in [0.3, 0.4) is 0 Å². The van der Waals surface area contributed by atoms with Gasteiger partial charge in [-0.15, -0.1) is 5.11 Å². The molecule has 1 atom stereocenters. The third kappa shape index (κ3) is 4.73. The predicted octanol–water partition coefficient (Wildman–Crippen LogP) is 2.00. The highest BCUT2D eigenvalue weighted by molar-refractivity contribution is 6.02. The summed E-state index contributed by atoms with van der Waals surface area (Å²) in [6, 6.07) is 13.3. The lowest BCUT2D eigenvalue weighted by atomic mass is 9.95. The minimum Gasteiger partial charge on any atom is -0.508 e. The first-order valence-electron chi connectivity index (χ1n) is 10.2. The summed E-state index contributed by atoms with van der Waals surface area (Å²) in [5.74, 6) is -0.0479. The van der Waals surface area contributed by atoms with E-state index in [0.717, 1.165) is 19.6 Å². The van der Waals surface area contributed by atoms with Crippen molar-refractivity contribution in [2.75, 3.05) is 39.4 Å². The van der Waals surface area contributed by atoms with Crippen molar-refractivity contribution in [3.8, 4) is 11.5 Å². The number of hydrogen-bond donors (Lipinski definition) is 3. The fourth-order valence-electron chi connectivity index (χ4n) is 3.69. The highest BCUT2D eigenvalue weighted by Crippen LogP contribution is 2.41. The van der Waals surface area contributed by atoms with Gasteiger partial charge in [0.15, 0.2) is 5.84 Å². The lowest BCUT2D eigenvalue weighted by Gasteiger charge is -2.27. The number of para-hydroxylation sites is 2. The highest BCUT2D eigenvalue weighted by Gasteiger charge is 2.41. The zero-order valence-electron chi connectivity index (χ0n) is 17.1. The lowest BCUT2D eigenvalue weighted by molar-refractivity contribution is -0.122. The number of nitrogens with one attached hydrogen (secondary N) is 1. The number of aliphatic imine (C=N–C) groups is 1. The van der Waals surface area contributed by atoms with Crippen molar-refractivity contribution < 1.29 is 19.7 Å². The number of morpholine rings is 1. The van der Waals surface area contributed by atoms with E-state index >= 15 is 0 Å². The van der Waals surface area contributed by atoms with Gasteiger partial charge in [0.05, 0.1) is 25.2 Å². The van der Waals surface area contributed by atoms with Gasteiger partial charge in [-0.1, -0.05) is 30.3 Å². The van der Waals surface area contributed by atoms with Crippen LogP contribution in [-0.4, -0.2) is 66.2 Å². The molecule has 9 heteroatoms. The third-order valence-electron chi connectivity index (χ3n) is 5.34. The van der Waals surface area contributed by atoms with E-state index in [9.17, 15) is 15.0 Å². The first kappa shape index (κ1) is 21.0. The van der Waals surface area contributed by atoms with E-state index in [1.165, 1.54) is 12.1 Å². The second kappa shape index (κ2) is 9.23. The Bertz CT molecular complexity index is 1000. The maximum atomic E-state index is 12.8. The topological polar surface area (TPSA) is 119 Å². The van der Waals surface area contributed by atoms with Crippen molar-refractivity contribution in [2.24, 2.45) is 15.2 Å². The molecule has 2 aliphatic heterocycles. The van der Waals surface area contributed by atoms with Crippen molar-refractivity contribution >= 4 is 11.7 Å². The quantitative estimate of drug-likeness (QED) is 0.629. The summed E-state index contributed by atoms with van der Waals surface area (Å²) in [4.78, 5) is 19.6. The molecule has 1 amide bonds. The average molecular weight is 423 g/mol. The maximum Gasteiger partial charge on any atom is 0.224 e. The molecular formula is C22H25N5O4. The van der Waals surface area contributed by atoms with E-state index < -0.39 is 5.66 Å². The van der Waals surface area contributed by atoms with E-state index in [-0.39, 0.29) is 29.7 Å². The molecule has 162 valence electrons. The molecule has 4 rings (SSSR count). The van der Waals surface area contributed by atoms with E-state index in [2.05, 4.69) is 25.4 Å². The van der Waals surface area contributed by atoms with Crippen LogP contribution in [0, 0.1) is 0 Å². The Kier molecular flexibility index (Phi) is 6.24. The second-order valence-corrected chi connectivity index (χ2v) is 7.47. The molecule has 2 aliphatic rings. The van der Waals surface area contributed by atoms with Crippen molar-refractivity contribution in [1.29, 1.82) is 0 Å². The van der Waals surface area contributed by atoms with Crippen molar-refractivity contribution in [3.05, 3.63) is 59.7 Å². The molecule has 0 saturated carbocycles. The van der Waals surface area contributed by atoms with Gasteiger partial charge in [0.2, 0.25) is 11.6 Å². The largest absolute Gasteiger partial charge is 0.508 e. The first-order chi connectivity index (χ1) is 15.1. The summed E-state index contributed by atoms with van der Waals surface area (Å²) in [7, 11) is 0. The van der Waals surface area contributed by atoms with Gasteiger partial charge in [-0.2, -0.15) is 5.11 Å². The summed E-state index contributed by atoms with van der Waals surface area (Å²) in [5, 5.41) is 32.0. The van der Waals surface area contributed by atoms with E-state index in [4.69, 9.17) is 4.74 Å². The molecule has 0 aromatic heterocycles. The fourth-order valence-corrected chi connectivity index (χ4v) is 3.69. The van der Waals surface area contributed by atoms with Crippen LogP contribution < -0.4 is 5.32 Å². The fraction of sp³-hybridized carbons (Fsp3) is 0.364. The Morgan fingerprint density at radius 1 is 1.06 bits per heavy atom. The average Bonchev–Trinajstić information content (AvgIpc) is 3.19. The smallest absolute Gasteiger partial charge is 0.224 e. The van der Waals surface area contributed by atoms with Crippen molar-refractivity contribution in [2.45, 2.75) is 12.1 Å². The standard InChI is InChI=1S/C22H25N5O4/c28-18-7-3-1-5-16(18)21-24-22(26-25-21,17-6-2-4-8-19(17)29)15-20(30)23-9-10-27-11-13-31-14-12-27/h1-8,28-29H,9-15H2,(H,23,30). The van der Waals surface area contributed by atoms with Crippen molar-refractivity contribution in [1.82, 2.24) is 10.2 Å². The zero-order chi connectivity index (χ0) is 21.7. The number of phenolic OH excluding ortho intramolecular Hbond substituents is 2. The molecule has 0 radical (unpaired) electrons. The van der Waals surface area contributed by atoms with E-state index in [0.29, 0.717) is 30.9 Å². The molecule has 0 bridgehead atoms. The van der Waals surface area contributed by atoms with Crippen LogP contribution in [0.1, 0.15) is 17.5 Å². The summed E-state index contributed by atoms with van der Waals surface area (Å²) in [5.41, 5.74) is -0.602. The number of ether oxygens (including phenoxy) is 1. The monoisotopic (exact) mass is 423 g/mol. The summed E-state index contributed by atoms with van der Waals surface area (Å²) >= 11 is 0. The summed E-state index contributed by atoms with van der Waals surface area (Å²) < 4.78 is 5.34. The molecule has 2 aromatic carbocycles. The van der Waals surface area contributed by atoms with Gasteiger partial charge in [0.25, 0.3) is 0 Å². The number of nitrogens with zero attached hydrogens (tertiary/aromatic N) is 4. The Morgan fingerprint density at radius 3 is 2.52 bits per heavy atom. The normalized spacial score (nSPS) is 21.1. The number of hydrogen-bond acceptors (Lipinski definition) is 8. The molecule has 0 spiro atoms. The van der Waals surface area contributed by atoms with Gasteiger partial charge < -0.3 is 20.3 Å². The maximum absolute atomic E-state index is 12.8. The van der Waals surface area contributed by atoms with Gasteiger partial charge in [0, 0.05) is 31.7 Å². The number of phenols is 2. The molecule has 1 saturated heterocycles. The minimum atomic E-state index is -1.40. The highest BCUT2D eigenvalue weighted by atomic mass is 16.5. The van der Waals surface area contributed by atoms with Gasteiger partial charge in [-0.3, -0.25) is 9.69 Å². The Hall–Kier alpha value is -3.30. The Morgan fingerprint density at radius 2 is 1.77 bits per heavy atom. The van der Waals surface area contributed by atoms with Crippen LogP contribution in [0.15, 0.2) is 63.8 Å². The SMILES string of the molecule is O=C(CC1(c2ccccc2O)N=NC(c2ccccc2O)=N1)NCCN1CCOCC1. The van der Waals surface area contributed by atoms with Gasteiger partial charge in [-0.05, 0) is 18.2 Å². The number of amidine groups is 1. The molecule has 2 heterocycles. The minimum absolute atomic E-state index is 0.0169. The molecule has 1 unspecified atom stereocenters. The van der Waals surface area contributed by atoms with Gasteiger partial charge in [0.1, 0.15) is 11.5 Å². The number of carbonyl (C=O) groups is 1. The molecule has 2 aromatic rings. The molecule has 9 nitrogen and oxygen atoms in total. The van der Waals surface area contributed by atoms with Crippen LogP contribution in [0.25, 0.3) is 0 Å². The number of amides is 1. The van der Waals surface area contributed by atoms with Crippen LogP contribution >= 0.6 is 0 Å². The van der Waals surface area contributed by atoms with Crippen LogP contribution in [0.5, 0.6) is 11.5 Å². The second-order valence-electron chi connectivity index (χ2n) is 7.47. The van der Waals surface area contributed by atoms with Crippen LogP contribution in [0.4, 0.5) is 0 Å².